The number of methoxy groups -OCH3 is 1. The van der Waals surface area contributed by atoms with Crippen LogP contribution in [0, 0.1) is 0 Å². The summed E-state index contributed by atoms with van der Waals surface area (Å²) in [6, 6.07) is -0.258. The highest BCUT2D eigenvalue weighted by Crippen LogP contribution is 2.25. The molecule has 1 aliphatic heterocycles. The zero-order chi connectivity index (χ0) is 13.0. The summed E-state index contributed by atoms with van der Waals surface area (Å²) in [5.74, 6) is 0.909. The number of carbonyl (C=O) groups excluding carboxylic acids is 1. The van der Waals surface area contributed by atoms with E-state index in [0.717, 1.165) is 19.4 Å². The number of hydrogen-bond acceptors (Lipinski definition) is 6. The fourth-order valence-electron chi connectivity index (χ4n) is 2.10. The number of ether oxygens (including phenoxy) is 2. The summed E-state index contributed by atoms with van der Waals surface area (Å²) in [7, 11) is 1.54. The van der Waals surface area contributed by atoms with Gasteiger partial charge in [0.05, 0.1) is 26.1 Å². The predicted octanol–water partition coefficient (Wildman–Crippen LogP) is 1.02. The van der Waals surface area contributed by atoms with Crippen LogP contribution in [0.25, 0.3) is 0 Å². The lowest BCUT2D eigenvalue weighted by molar-refractivity contribution is -0.144. The molecule has 1 saturated heterocycles. The molecule has 1 unspecified atom stereocenters. The molecule has 6 heteroatoms. The van der Waals surface area contributed by atoms with Crippen molar-refractivity contribution >= 4 is 11.8 Å². The Bertz CT molecular complexity index is 425. The minimum absolute atomic E-state index is 0.195. The van der Waals surface area contributed by atoms with E-state index in [1.807, 2.05) is 11.8 Å². The van der Waals surface area contributed by atoms with Gasteiger partial charge in [-0.15, -0.1) is 0 Å². The lowest BCUT2D eigenvalue weighted by Crippen LogP contribution is -2.37. The fourth-order valence-corrected chi connectivity index (χ4v) is 2.10. The van der Waals surface area contributed by atoms with Crippen molar-refractivity contribution in [3.8, 4) is 5.88 Å². The topological polar surface area (TPSA) is 64.5 Å². The molecule has 1 aromatic rings. The quantitative estimate of drug-likeness (QED) is 0.744. The van der Waals surface area contributed by atoms with E-state index in [-0.39, 0.29) is 12.0 Å². The van der Waals surface area contributed by atoms with E-state index < -0.39 is 0 Å². The maximum absolute atomic E-state index is 11.8. The van der Waals surface area contributed by atoms with Crippen molar-refractivity contribution in [2.45, 2.75) is 25.8 Å². The molecule has 0 radical (unpaired) electrons. The Balaban J connectivity index is 2.17. The van der Waals surface area contributed by atoms with Crippen LogP contribution in [0.4, 0.5) is 5.82 Å². The summed E-state index contributed by atoms with van der Waals surface area (Å²) < 4.78 is 10.1. The van der Waals surface area contributed by atoms with Gasteiger partial charge in [0.1, 0.15) is 6.04 Å². The number of nitrogens with zero attached hydrogens (tertiary/aromatic N) is 3. The highest BCUT2D eigenvalue weighted by molar-refractivity contribution is 5.80. The Kier molecular flexibility index (Phi) is 3.96. The SMILES string of the molecule is CCOC(=O)C1CCCN1c1cncc(OC)n1. The largest absolute Gasteiger partial charge is 0.480 e. The molecule has 98 valence electrons. The van der Waals surface area contributed by atoms with Gasteiger partial charge in [-0.2, -0.15) is 4.98 Å². The molecule has 2 heterocycles. The van der Waals surface area contributed by atoms with Gasteiger partial charge in [-0.3, -0.25) is 4.98 Å². The Morgan fingerprint density at radius 3 is 3.11 bits per heavy atom. The average molecular weight is 251 g/mol. The standard InChI is InChI=1S/C12H17N3O3/c1-3-18-12(16)9-5-4-6-15(9)10-7-13-8-11(14-10)17-2/h7-9H,3-6H2,1-2H3. The van der Waals surface area contributed by atoms with Crippen molar-refractivity contribution in [3.63, 3.8) is 0 Å². The van der Waals surface area contributed by atoms with Crippen LogP contribution in [0.3, 0.4) is 0 Å². The van der Waals surface area contributed by atoms with E-state index in [1.165, 1.54) is 0 Å². The normalized spacial score (nSPS) is 18.8. The smallest absolute Gasteiger partial charge is 0.328 e. The van der Waals surface area contributed by atoms with Gasteiger partial charge in [-0.1, -0.05) is 0 Å². The summed E-state index contributed by atoms with van der Waals surface area (Å²) in [5.41, 5.74) is 0. The van der Waals surface area contributed by atoms with Gasteiger partial charge in [0, 0.05) is 6.54 Å². The summed E-state index contributed by atoms with van der Waals surface area (Å²) in [6.07, 6.45) is 4.92. The van der Waals surface area contributed by atoms with E-state index in [0.29, 0.717) is 18.3 Å². The van der Waals surface area contributed by atoms with Gasteiger partial charge in [0.2, 0.25) is 5.88 Å². The Labute approximate surface area is 106 Å². The first-order chi connectivity index (χ1) is 8.76. The van der Waals surface area contributed by atoms with Crippen LogP contribution < -0.4 is 9.64 Å². The molecule has 1 aromatic heterocycles. The van der Waals surface area contributed by atoms with Crippen LogP contribution in [0.1, 0.15) is 19.8 Å². The van der Waals surface area contributed by atoms with Gasteiger partial charge in [-0.25, -0.2) is 4.79 Å². The van der Waals surface area contributed by atoms with E-state index in [1.54, 1.807) is 19.5 Å². The molecule has 0 bridgehead atoms. The van der Waals surface area contributed by atoms with Gasteiger partial charge < -0.3 is 14.4 Å². The van der Waals surface area contributed by atoms with Crippen molar-refractivity contribution in [3.05, 3.63) is 12.4 Å². The monoisotopic (exact) mass is 251 g/mol. The number of esters is 1. The Hall–Kier alpha value is -1.85. The van der Waals surface area contributed by atoms with Crippen LogP contribution >= 0.6 is 0 Å². The number of anilines is 1. The zero-order valence-electron chi connectivity index (χ0n) is 10.6. The molecule has 0 spiro atoms. The molecule has 0 aliphatic carbocycles. The maximum atomic E-state index is 11.8. The molecule has 1 aliphatic rings. The third-order valence-corrected chi connectivity index (χ3v) is 2.91. The van der Waals surface area contributed by atoms with Gasteiger partial charge in [0.15, 0.2) is 5.82 Å². The van der Waals surface area contributed by atoms with Crippen molar-refractivity contribution in [1.29, 1.82) is 0 Å². The highest BCUT2D eigenvalue weighted by atomic mass is 16.5. The molecular weight excluding hydrogens is 234 g/mol. The summed E-state index contributed by atoms with van der Waals surface area (Å²) in [4.78, 5) is 22.1. The van der Waals surface area contributed by atoms with Crippen molar-refractivity contribution in [2.24, 2.45) is 0 Å². The zero-order valence-corrected chi connectivity index (χ0v) is 10.6. The first-order valence-corrected chi connectivity index (χ1v) is 6.05. The van der Waals surface area contributed by atoms with E-state index in [9.17, 15) is 4.79 Å². The Morgan fingerprint density at radius 1 is 1.56 bits per heavy atom. The van der Waals surface area contributed by atoms with Crippen molar-refractivity contribution in [2.75, 3.05) is 25.2 Å². The second kappa shape index (κ2) is 5.66. The lowest BCUT2D eigenvalue weighted by Gasteiger charge is -2.23. The summed E-state index contributed by atoms with van der Waals surface area (Å²) in [5, 5.41) is 0. The number of aromatic nitrogens is 2. The van der Waals surface area contributed by atoms with Gasteiger partial charge in [-0.05, 0) is 19.8 Å². The van der Waals surface area contributed by atoms with Crippen molar-refractivity contribution < 1.29 is 14.3 Å². The first kappa shape index (κ1) is 12.6. The minimum atomic E-state index is -0.258. The second-order valence-corrected chi connectivity index (χ2v) is 4.02. The van der Waals surface area contributed by atoms with Crippen LogP contribution in [0.5, 0.6) is 5.88 Å². The maximum Gasteiger partial charge on any atom is 0.328 e. The minimum Gasteiger partial charge on any atom is -0.480 e. The third kappa shape index (κ3) is 2.52. The lowest BCUT2D eigenvalue weighted by atomic mass is 10.2. The van der Waals surface area contributed by atoms with E-state index in [2.05, 4.69) is 9.97 Å². The number of rotatable bonds is 4. The molecule has 0 amide bonds. The van der Waals surface area contributed by atoms with Crippen LogP contribution in [0.15, 0.2) is 12.4 Å². The van der Waals surface area contributed by atoms with Crippen molar-refractivity contribution in [1.82, 2.24) is 9.97 Å². The third-order valence-electron chi connectivity index (χ3n) is 2.91. The molecule has 2 rings (SSSR count). The predicted molar refractivity (Wildman–Crippen MR) is 65.6 cm³/mol. The molecule has 0 aromatic carbocycles. The summed E-state index contributed by atoms with van der Waals surface area (Å²) >= 11 is 0. The van der Waals surface area contributed by atoms with E-state index >= 15 is 0 Å². The van der Waals surface area contributed by atoms with Crippen LogP contribution in [-0.4, -0.2) is 42.2 Å². The molecule has 1 atom stereocenters. The van der Waals surface area contributed by atoms with Gasteiger partial charge >= 0.3 is 5.97 Å². The highest BCUT2D eigenvalue weighted by Gasteiger charge is 2.33. The number of hydrogen-bond donors (Lipinski definition) is 0. The van der Waals surface area contributed by atoms with E-state index in [4.69, 9.17) is 9.47 Å². The molecule has 18 heavy (non-hydrogen) atoms. The summed E-state index contributed by atoms with van der Waals surface area (Å²) in [6.45, 7) is 2.99. The molecule has 0 N–H and O–H groups in total. The molecule has 6 nitrogen and oxygen atoms in total. The first-order valence-electron chi connectivity index (χ1n) is 6.05. The average Bonchev–Trinajstić information content (AvgIpc) is 2.88. The van der Waals surface area contributed by atoms with Crippen LogP contribution in [-0.2, 0) is 9.53 Å². The number of carbonyl (C=O) groups is 1. The fraction of sp³-hybridized carbons (Fsp3) is 0.583. The molecule has 1 fully saturated rings. The second-order valence-electron chi connectivity index (χ2n) is 4.02. The molecule has 0 saturated carbocycles. The van der Waals surface area contributed by atoms with Gasteiger partial charge in [0.25, 0.3) is 0 Å². The molecular formula is C12H17N3O3. The van der Waals surface area contributed by atoms with Crippen LogP contribution in [0.2, 0.25) is 0 Å². The Morgan fingerprint density at radius 2 is 2.39 bits per heavy atom.